The minimum Gasteiger partial charge on any atom is -0.367 e. The largest absolute Gasteiger partial charge is 0.367 e. The highest BCUT2D eigenvalue weighted by Crippen LogP contribution is 2.30. The van der Waals surface area contributed by atoms with Crippen LogP contribution in [0.2, 0.25) is 0 Å². The molecule has 1 aliphatic heterocycles. The average molecular weight is 188 g/mol. The van der Waals surface area contributed by atoms with Crippen LogP contribution in [0.1, 0.15) is 26.7 Å². The molecule has 0 radical (unpaired) electrons. The van der Waals surface area contributed by atoms with Gasteiger partial charge in [-0.2, -0.15) is 11.8 Å². The fourth-order valence-corrected chi connectivity index (χ4v) is 2.79. The second kappa shape index (κ2) is 4.28. The molecule has 0 bridgehead atoms. The number of ketones is 1. The van der Waals surface area contributed by atoms with Crippen molar-refractivity contribution in [1.82, 2.24) is 0 Å². The van der Waals surface area contributed by atoms with Crippen LogP contribution in [0.3, 0.4) is 0 Å². The first-order chi connectivity index (χ1) is 5.71. The summed E-state index contributed by atoms with van der Waals surface area (Å²) in [6.07, 6.45) is 2.01. The van der Waals surface area contributed by atoms with Crippen molar-refractivity contribution in [2.24, 2.45) is 0 Å². The van der Waals surface area contributed by atoms with Crippen LogP contribution in [0.25, 0.3) is 0 Å². The van der Waals surface area contributed by atoms with E-state index in [1.807, 2.05) is 18.7 Å². The molecule has 0 N–H and O–H groups in total. The molecule has 0 saturated carbocycles. The highest BCUT2D eigenvalue weighted by atomic mass is 32.2. The second-order valence-corrected chi connectivity index (χ2v) is 4.24. The van der Waals surface area contributed by atoms with E-state index in [-0.39, 0.29) is 5.78 Å². The summed E-state index contributed by atoms with van der Waals surface area (Å²) in [7, 11) is 0. The molecule has 1 unspecified atom stereocenters. The minimum atomic E-state index is -0.447. The van der Waals surface area contributed by atoms with Gasteiger partial charge < -0.3 is 4.74 Å². The summed E-state index contributed by atoms with van der Waals surface area (Å²) in [6, 6.07) is 0. The van der Waals surface area contributed by atoms with E-state index in [0.717, 1.165) is 18.6 Å². The van der Waals surface area contributed by atoms with Crippen LogP contribution in [0.5, 0.6) is 0 Å². The molecule has 0 aromatic carbocycles. The van der Waals surface area contributed by atoms with Crippen molar-refractivity contribution in [2.75, 3.05) is 18.1 Å². The van der Waals surface area contributed by atoms with Gasteiger partial charge in [0.15, 0.2) is 5.78 Å². The average Bonchev–Trinajstić information content (AvgIpc) is 2.06. The van der Waals surface area contributed by atoms with Crippen molar-refractivity contribution in [3.63, 3.8) is 0 Å². The van der Waals surface area contributed by atoms with Crippen molar-refractivity contribution in [3.8, 4) is 0 Å². The van der Waals surface area contributed by atoms with Crippen LogP contribution in [0.4, 0.5) is 0 Å². The molecule has 12 heavy (non-hydrogen) atoms. The van der Waals surface area contributed by atoms with Crippen LogP contribution in [-0.4, -0.2) is 29.5 Å². The molecule has 1 rings (SSSR count). The van der Waals surface area contributed by atoms with E-state index in [4.69, 9.17) is 4.74 Å². The Morgan fingerprint density at radius 3 is 2.83 bits per heavy atom. The maximum absolute atomic E-state index is 11.4. The van der Waals surface area contributed by atoms with Crippen LogP contribution in [-0.2, 0) is 9.53 Å². The summed E-state index contributed by atoms with van der Waals surface area (Å²) in [5, 5.41) is 0. The Morgan fingerprint density at radius 1 is 1.67 bits per heavy atom. The lowest BCUT2D eigenvalue weighted by Crippen LogP contribution is -2.44. The summed E-state index contributed by atoms with van der Waals surface area (Å²) >= 11 is 1.82. The third-order valence-corrected chi connectivity index (χ3v) is 3.51. The minimum absolute atomic E-state index is 0.191. The summed E-state index contributed by atoms with van der Waals surface area (Å²) in [5.41, 5.74) is -0.447. The molecule has 3 heteroatoms. The van der Waals surface area contributed by atoms with E-state index in [9.17, 15) is 4.79 Å². The van der Waals surface area contributed by atoms with Crippen LogP contribution in [0.15, 0.2) is 0 Å². The van der Waals surface area contributed by atoms with Gasteiger partial charge in [0.1, 0.15) is 5.60 Å². The number of thioether (sulfide) groups is 1. The van der Waals surface area contributed by atoms with Gasteiger partial charge in [0, 0.05) is 12.4 Å². The van der Waals surface area contributed by atoms with Gasteiger partial charge in [0.25, 0.3) is 0 Å². The molecule has 1 saturated heterocycles. The Balaban J connectivity index is 2.63. The first kappa shape index (κ1) is 10.1. The standard InChI is InChI=1S/C9H16O2S/c1-3-11-9(8(2)10)5-4-6-12-7-9/h3-7H2,1-2H3. The van der Waals surface area contributed by atoms with Gasteiger partial charge >= 0.3 is 0 Å². The zero-order valence-electron chi connectivity index (χ0n) is 7.76. The first-order valence-corrected chi connectivity index (χ1v) is 5.59. The molecular weight excluding hydrogens is 172 g/mol. The summed E-state index contributed by atoms with van der Waals surface area (Å²) in [4.78, 5) is 11.4. The second-order valence-electron chi connectivity index (χ2n) is 3.14. The Hall–Kier alpha value is -0.0200. The smallest absolute Gasteiger partial charge is 0.162 e. The molecule has 0 aliphatic carbocycles. The SMILES string of the molecule is CCOC1(C(C)=O)CCCSC1. The third-order valence-electron chi connectivity index (χ3n) is 2.27. The van der Waals surface area contributed by atoms with E-state index >= 15 is 0 Å². The lowest BCUT2D eigenvalue weighted by Gasteiger charge is -2.34. The van der Waals surface area contributed by atoms with Gasteiger partial charge in [-0.3, -0.25) is 4.79 Å². The molecule has 1 fully saturated rings. The summed E-state index contributed by atoms with van der Waals surface area (Å²) in [5.74, 6) is 2.20. The number of carbonyl (C=O) groups excluding carboxylic acids is 1. The lowest BCUT2D eigenvalue weighted by molar-refractivity contribution is -0.140. The molecule has 2 nitrogen and oxygen atoms in total. The fourth-order valence-electron chi connectivity index (χ4n) is 1.54. The van der Waals surface area contributed by atoms with Crippen molar-refractivity contribution in [2.45, 2.75) is 32.3 Å². The van der Waals surface area contributed by atoms with Crippen molar-refractivity contribution < 1.29 is 9.53 Å². The van der Waals surface area contributed by atoms with E-state index in [0.29, 0.717) is 6.61 Å². The Kier molecular flexibility index (Phi) is 3.59. The monoisotopic (exact) mass is 188 g/mol. The summed E-state index contributed by atoms with van der Waals surface area (Å²) in [6.45, 7) is 4.23. The summed E-state index contributed by atoms with van der Waals surface area (Å²) < 4.78 is 5.56. The molecule has 1 atom stereocenters. The predicted octanol–water partition coefficient (Wildman–Crippen LogP) is 1.88. The highest BCUT2D eigenvalue weighted by Gasteiger charge is 2.37. The Morgan fingerprint density at radius 2 is 2.42 bits per heavy atom. The third kappa shape index (κ3) is 2.02. The molecule has 0 amide bonds. The normalized spacial score (nSPS) is 30.2. The topological polar surface area (TPSA) is 26.3 Å². The van der Waals surface area contributed by atoms with Crippen LogP contribution >= 0.6 is 11.8 Å². The van der Waals surface area contributed by atoms with Gasteiger partial charge in [0.2, 0.25) is 0 Å². The van der Waals surface area contributed by atoms with Gasteiger partial charge in [-0.15, -0.1) is 0 Å². The maximum atomic E-state index is 11.4. The molecular formula is C9H16O2S. The number of hydrogen-bond donors (Lipinski definition) is 0. The lowest BCUT2D eigenvalue weighted by atomic mass is 9.95. The maximum Gasteiger partial charge on any atom is 0.162 e. The zero-order chi connectivity index (χ0) is 9.03. The number of ether oxygens (including phenoxy) is 1. The van der Waals surface area contributed by atoms with E-state index in [2.05, 4.69) is 0 Å². The van der Waals surface area contributed by atoms with Crippen molar-refractivity contribution in [1.29, 1.82) is 0 Å². The molecule has 70 valence electrons. The van der Waals surface area contributed by atoms with E-state index < -0.39 is 5.60 Å². The van der Waals surface area contributed by atoms with Crippen LogP contribution < -0.4 is 0 Å². The van der Waals surface area contributed by atoms with Gasteiger partial charge in [0.05, 0.1) is 0 Å². The van der Waals surface area contributed by atoms with Gasteiger partial charge in [-0.1, -0.05) is 0 Å². The highest BCUT2D eigenvalue weighted by molar-refractivity contribution is 7.99. The molecule has 0 aromatic rings. The predicted molar refractivity (Wildman–Crippen MR) is 51.6 cm³/mol. The molecule has 1 aliphatic rings. The van der Waals surface area contributed by atoms with E-state index in [1.54, 1.807) is 6.92 Å². The van der Waals surface area contributed by atoms with Crippen molar-refractivity contribution in [3.05, 3.63) is 0 Å². The number of hydrogen-bond acceptors (Lipinski definition) is 3. The number of Topliss-reactive ketones (excluding diaryl/α,β-unsaturated/α-hetero) is 1. The quantitative estimate of drug-likeness (QED) is 0.676. The number of rotatable bonds is 3. The van der Waals surface area contributed by atoms with Crippen LogP contribution in [0, 0.1) is 0 Å². The zero-order valence-corrected chi connectivity index (χ0v) is 8.58. The van der Waals surface area contributed by atoms with Gasteiger partial charge in [-0.05, 0) is 32.4 Å². The van der Waals surface area contributed by atoms with E-state index in [1.165, 1.54) is 5.75 Å². The first-order valence-electron chi connectivity index (χ1n) is 4.44. The number of carbonyl (C=O) groups is 1. The molecule has 0 spiro atoms. The Bertz CT molecular complexity index is 156. The molecule has 0 aromatic heterocycles. The van der Waals surface area contributed by atoms with Crippen molar-refractivity contribution >= 4 is 17.5 Å². The molecule has 1 heterocycles. The van der Waals surface area contributed by atoms with Gasteiger partial charge in [-0.25, -0.2) is 0 Å². The fraction of sp³-hybridized carbons (Fsp3) is 0.889. The Labute approximate surface area is 78.1 Å².